The Bertz CT molecular complexity index is 1130. The highest BCUT2D eigenvalue weighted by Crippen LogP contribution is 2.55. The number of aliphatic hydroxyl groups is 1. The lowest BCUT2D eigenvalue weighted by Crippen LogP contribution is -2.42. The smallest absolute Gasteiger partial charge is 0.163 e. The van der Waals surface area contributed by atoms with Gasteiger partial charge in [-0.3, -0.25) is 0 Å². The molecule has 41 heavy (non-hydrogen) atoms. The molecule has 2 aliphatic rings. The van der Waals surface area contributed by atoms with Gasteiger partial charge in [-0.15, -0.1) is 0 Å². The molecule has 12 heteroatoms. The second kappa shape index (κ2) is 12.7. The molecule has 2 fully saturated rings. The minimum absolute atomic E-state index is 0.0382. The number of aromatic nitrogens is 3. The fraction of sp³-hybridized carbons (Fsp3) is 0.793. The maximum Gasteiger partial charge on any atom is 0.163 e. The summed E-state index contributed by atoms with van der Waals surface area (Å²) in [4.78, 5) is 6.76. The first-order valence-electron chi connectivity index (χ1n) is 14.9. The van der Waals surface area contributed by atoms with Gasteiger partial charge in [0.15, 0.2) is 11.6 Å². The lowest BCUT2D eigenvalue weighted by molar-refractivity contribution is -0.175. The molecular formula is C29H52N4O6Si2. The van der Waals surface area contributed by atoms with Crippen LogP contribution >= 0.6 is 0 Å². The standard InChI is InChI=1S/C29H52N4O6Si2/c1-28(2)38-25-22(16-29(17-34,18-35-3)26(25)39-28)23-10-11-24-27(30-19-31-33(23)24)32(20-36-12-14-40(4,5)6)21-37-13-15-41(7,8)9/h10-11,19,22,25-26,34H,12-18,20-21H2,1-9H3/t22-,25-,26-,29+/m0/s1. The zero-order chi connectivity index (χ0) is 30.1. The predicted molar refractivity (Wildman–Crippen MR) is 166 cm³/mol. The van der Waals surface area contributed by atoms with Gasteiger partial charge >= 0.3 is 0 Å². The summed E-state index contributed by atoms with van der Waals surface area (Å²) in [5.41, 5.74) is 1.33. The molecule has 0 aromatic carbocycles. The van der Waals surface area contributed by atoms with Crippen molar-refractivity contribution in [3.05, 3.63) is 24.2 Å². The van der Waals surface area contributed by atoms with Crippen molar-refractivity contribution in [2.75, 3.05) is 51.9 Å². The van der Waals surface area contributed by atoms with Gasteiger partial charge in [-0.05, 0) is 44.5 Å². The number of fused-ring (bicyclic) bond motifs is 2. The fourth-order valence-corrected chi connectivity index (χ4v) is 7.37. The van der Waals surface area contributed by atoms with Crippen LogP contribution in [0.2, 0.25) is 51.4 Å². The third-order valence-corrected chi connectivity index (χ3v) is 11.5. The van der Waals surface area contributed by atoms with E-state index in [0.29, 0.717) is 26.5 Å². The second-order valence-corrected chi connectivity index (χ2v) is 25.9. The summed E-state index contributed by atoms with van der Waals surface area (Å²) >= 11 is 0. The maximum absolute atomic E-state index is 10.5. The van der Waals surface area contributed by atoms with Gasteiger partial charge in [0.25, 0.3) is 0 Å². The highest BCUT2D eigenvalue weighted by Gasteiger charge is 2.62. The van der Waals surface area contributed by atoms with Crippen LogP contribution in [-0.2, 0) is 23.7 Å². The Morgan fingerprint density at radius 1 is 1.02 bits per heavy atom. The van der Waals surface area contributed by atoms with Gasteiger partial charge in [0.2, 0.25) is 0 Å². The molecule has 1 saturated carbocycles. The zero-order valence-corrected chi connectivity index (χ0v) is 28.6. The van der Waals surface area contributed by atoms with Crippen molar-refractivity contribution in [1.82, 2.24) is 14.6 Å². The van der Waals surface area contributed by atoms with Crippen molar-refractivity contribution in [3.63, 3.8) is 0 Å². The highest BCUT2D eigenvalue weighted by molar-refractivity contribution is 6.76. The van der Waals surface area contributed by atoms with E-state index in [9.17, 15) is 5.11 Å². The Morgan fingerprint density at radius 2 is 1.66 bits per heavy atom. The minimum Gasteiger partial charge on any atom is -0.396 e. The number of anilines is 1. The molecule has 2 aromatic rings. The molecule has 0 amide bonds. The van der Waals surface area contributed by atoms with Crippen LogP contribution < -0.4 is 4.90 Å². The molecule has 10 nitrogen and oxygen atoms in total. The van der Waals surface area contributed by atoms with E-state index in [0.717, 1.165) is 42.3 Å². The van der Waals surface area contributed by atoms with Gasteiger partial charge in [0.1, 0.15) is 25.3 Å². The van der Waals surface area contributed by atoms with Crippen LogP contribution in [0.1, 0.15) is 31.9 Å². The molecule has 1 N–H and O–H groups in total. The minimum atomic E-state index is -1.21. The molecule has 2 aromatic heterocycles. The quantitative estimate of drug-likeness (QED) is 0.174. The number of aliphatic hydroxyl groups excluding tert-OH is 1. The van der Waals surface area contributed by atoms with Crippen molar-refractivity contribution in [2.45, 2.75) is 95.6 Å². The van der Waals surface area contributed by atoms with E-state index >= 15 is 0 Å². The topological polar surface area (TPSA) is 99.8 Å². The molecule has 0 spiro atoms. The van der Waals surface area contributed by atoms with Crippen molar-refractivity contribution in [1.29, 1.82) is 0 Å². The third kappa shape index (κ3) is 7.77. The van der Waals surface area contributed by atoms with Gasteiger partial charge in [-0.25, -0.2) is 9.50 Å². The Hall–Kier alpha value is -1.39. The highest BCUT2D eigenvalue weighted by atomic mass is 28.3. The van der Waals surface area contributed by atoms with E-state index in [2.05, 4.69) is 61.4 Å². The fourth-order valence-electron chi connectivity index (χ4n) is 5.86. The number of nitrogens with zero attached hydrogens (tertiary/aromatic N) is 4. The second-order valence-electron chi connectivity index (χ2n) is 14.7. The Balaban J connectivity index is 1.61. The van der Waals surface area contributed by atoms with Crippen LogP contribution in [0, 0.1) is 5.41 Å². The lowest BCUT2D eigenvalue weighted by Gasteiger charge is -2.32. The Kier molecular flexibility index (Phi) is 10.1. The summed E-state index contributed by atoms with van der Waals surface area (Å²) < 4.78 is 32.7. The monoisotopic (exact) mass is 608 g/mol. The van der Waals surface area contributed by atoms with Crippen LogP contribution in [0.4, 0.5) is 5.82 Å². The van der Waals surface area contributed by atoms with E-state index in [-0.39, 0.29) is 24.7 Å². The molecule has 1 aliphatic heterocycles. The SMILES string of the molecule is COC[C@]1(CO)C[C@@H](c2ccc3c(N(COCC[Si](C)(C)C)COCC[Si](C)(C)C)ncnn23)[C@@H]2OC(C)(C)O[C@@H]21. The maximum atomic E-state index is 10.5. The number of methoxy groups -OCH3 is 1. The summed E-state index contributed by atoms with van der Waals surface area (Å²) in [5, 5.41) is 15.2. The van der Waals surface area contributed by atoms with Gasteiger partial charge in [-0.2, -0.15) is 5.10 Å². The summed E-state index contributed by atoms with van der Waals surface area (Å²) in [6.45, 7) is 20.6. The first-order chi connectivity index (χ1) is 19.2. The van der Waals surface area contributed by atoms with Gasteiger partial charge in [0, 0.05) is 53.5 Å². The third-order valence-electron chi connectivity index (χ3n) is 8.13. The summed E-state index contributed by atoms with van der Waals surface area (Å²) in [5.74, 6) is -0.00745. The molecule has 0 unspecified atom stereocenters. The van der Waals surface area contributed by atoms with E-state index in [4.69, 9.17) is 28.7 Å². The molecule has 0 radical (unpaired) electrons. The molecule has 1 aliphatic carbocycles. The first-order valence-corrected chi connectivity index (χ1v) is 22.3. The first kappa shape index (κ1) is 32.5. The van der Waals surface area contributed by atoms with Crippen LogP contribution in [-0.4, -0.2) is 101 Å². The molecular weight excluding hydrogens is 557 g/mol. The summed E-state index contributed by atoms with van der Waals surface area (Å²) in [6.07, 6.45) is 1.75. The Morgan fingerprint density at radius 3 is 2.22 bits per heavy atom. The van der Waals surface area contributed by atoms with Crippen molar-refractivity contribution in [3.8, 4) is 0 Å². The number of rotatable bonds is 15. The number of ether oxygens (including phenoxy) is 5. The van der Waals surface area contributed by atoms with Gasteiger partial charge < -0.3 is 33.7 Å². The molecule has 0 bridgehead atoms. The predicted octanol–water partition coefficient (Wildman–Crippen LogP) is 4.79. The molecule has 1 saturated heterocycles. The lowest BCUT2D eigenvalue weighted by atomic mass is 9.84. The molecule has 3 heterocycles. The Labute approximate surface area is 247 Å². The van der Waals surface area contributed by atoms with Crippen LogP contribution in [0.15, 0.2) is 18.5 Å². The van der Waals surface area contributed by atoms with E-state index in [1.165, 1.54) is 0 Å². The van der Waals surface area contributed by atoms with E-state index in [1.807, 2.05) is 18.4 Å². The molecule has 4 atom stereocenters. The molecule has 4 rings (SSSR count). The van der Waals surface area contributed by atoms with Crippen LogP contribution in [0.5, 0.6) is 0 Å². The van der Waals surface area contributed by atoms with E-state index < -0.39 is 27.3 Å². The van der Waals surface area contributed by atoms with Crippen LogP contribution in [0.25, 0.3) is 5.52 Å². The average molecular weight is 609 g/mol. The number of hydrogen-bond acceptors (Lipinski definition) is 9. The average Bonchev–Trinajstić information content (AvgIpc) is 3.52. The number of hydrogen-bond donors (Lipinski definition) is 1. The summed E-state index contributed by atoms with van der Waals surface area (Å²) in [6, 6.07) is 6.36. The van der Waals surface area contributed by atoms with Crippen molar-refractivity contribution < 1.29 is 28.8 Å². The summed E-state index contributed by atoms with van der Waals surface area (Å²) in [7, 11) is -0.749. The van der Waals surface area contributed by atoms with E-state index in [1.54, 1.807) is 13.4 Å². The van der Waals surface area contributed by atoms with Crippen LogP contribution in [0.3, 0.4) is 0 Å². The zero-order valence-electron chi connectivity index (χ0n) is 26.6. The van der Waals surface area contributed by atoms with Crippen molar-refractivity contribution >= 4 is 27.5 Å². The largest absolute Gasteiger partial charge is 0.396 e. The van der Waals surface area contributed by atoms with Gasteiger partial charge in [0.05, 0.1) is 25.4 Å². The van der Waals surface area contributed by atoms with Gasteiger partial charge in [-0.1, -0.05) is 39.3 Å². The molecule has 232 valence electrons. The van der Waals surface area contributed by atoms with Crippen molar-refractivity contribution in [2.24, 2.45) is 5.41 Å². The normalized spacial score (nSPS) is 26.1.